The van der Waals surface area contributed by atoms with Gasteiger partial charge in [0.1, 0.15) is 0 Å². The van der Waals surface area contributed by atoms with Crippen LogP contribution in [0.25, 0.3) is 0 Å². The SMILES string of the molecule is CN1CCN(C2CCCN(c3ccn(Cc4ccccc4)n3)C2)CC1. The normalized spacial score (nSPS) is 23.1. The molecular weight excluding hydrogens is 310 g/mol. The first kappa shape index (κ1) is 16.6. The monoisotopic (exact) mass is 339 g/mol. The highest BCUT2D eigenvalue weighted by atomic mass is 15.4. The fourth-order valence-corrected chi connectivity index (χ4v) is 4.03. The van der Waals surface area contributed by atoms with E-state index in [-0.39, 0.29) is 0 Å². The van der Waals surface area contributed by atoms with Gasteiger partial charge in [-0.25, -0.2) is 0 Å². The van der Waals surface area contributed by atoms with Gasteiger partial charge in [0.15, 0.2) is 5.82 Å². The zero-order chi connectivity index (χ0) is 17.1. The lowest BCUT2D eigenvalue weighted by Gasteiger charge is -2.42. The lowest BCUT2D eigenvalue weighted by molar-refractivity contribution is 0.102. The molecule has 1 aromatic heterocycles. The highest BCUT2D eigenvalue weighted by molar-refractivity contribution is 5.38. The largest absolute Gasteiger partial charge is 0.354 e. The third-order valence-electron chi connectivity index (χ3n) is 5.59. The van der Waals surface area contributed by atoms with Crippen LogP contribution in [0.3, 0.4) is 0 Å². The number of benzene rings is 1. The molecular formula is C20H29N5. The highest BCUT2D eigenvalue weighted by Crippen LogP contribution is 2.22. The van der Waals surface area contributed by atoms with E-state index in [0.717, 1.165) is 25.5 Å². The zero-order valence-corrected chi connectivity index (χ0v) is 15.2. The van der Waals surface area contributed by atoms with E-state index in [9.17, 15) is 0 Å². The molecule has 0 aliphatic carbocycles. The fourth-order valence-electron chi connectivity index (χ4n) is 4.03. The summed E-state index contributed by atoms with van der Waals surface area (Å²) in [4.78, 5) is 7.60. The zero-order valence-electron chi connectivity index (χ0n) is 15.2. The van der Waals surface area contributed by atoms with Gasteiger partial charge in [0, 0.05) is 57.6 Å². The van der Waals surface area contributed by atoms with Gasteiger partial charge in [-0.1, -0.05) is 30.3 Å². The van der Waals surface area contributed by atoms with Crippen LogP contribution in [0, 0.1) is 0 Å². The first-order valence-electron chi connectivity index (χ1n) is 9.53. The van der Waals surface area contributed by atoms with Crippen LogP contribution in [0.5, 0.6) is 0 Å². The van der Waals surface area contributed by atoms with Crippen LogP contribution in [0.2, 0.25) is 0 Å². The van der Waals surface area contributed by atoms with Crippen molar-refractivity contribution in [3.63, 3.8) is 0 Å². The number of likely N-dealkylation sites (N-methyl/N-ethyl adjacent to an activating group) is 1. The van der Waals surface area contributed by atoms with Crippen molar-refractivity contribution in [3.8, 4) is 0 Å². The summed E-state index contributed by atoms with van der Waals surface area (Å²) >= 11 is 0. The van der Waals surface area contributed by atoms with Gasteiger partial charge in [0.05, 0.1) is 6.54 Å². The summed E-state index contributed by atoms with van der Waals surface area (Å²) in [6.07, 6.45) is 4.70. The number of rotatable bonds is 4. The minimum absolute atomic E-state index is 0.682. The quantitative estimate of drug-likeness (QED) is 0.853. The second kappa shape index (κ2) is 7.58. The van der Waals surface area contributed by atoms with Crippen molar-refractivity contribution in [2.75, 3.05) is 51.2 Å². The van der Waals surface area contributed by atoms with Gasteiger partial charge in [-0.05, 0) is 25.5 Å². The molecule has 0 radical (unpaired) electrons. The summed E-state index contributed by atoms with van der Waals surface area (Å²) < 4.78 is 2.06. The Morgan fingerprint density at radius 3 is 2.60 bits per heavy atom. The predicted octanol–water partition coefficient (Wildman–Crippen LogP) is 2.15. The van der Waals surface area contributed by atoms with E-state index in [1.165, 1.54) is 44.6 Å². The summed E-state index contributed by atoms with van der Waals surface area (Å²) in [7, 11) is 2.23. The maximum Gasteiger partial charge on any atom is 0.150 e. The minimum Gasteiger partial charge on any atom is -0.354 e. The first-order chi connectivity index (χ1) is 12.3. The number of hydrogen-bond acceptors (Lipinski definition) is 4. The van der Waals surface area contributed by atoms with Gasteiger partial charge < -0.3 is 9.80 Å². The van der Waals surface area contributed by atoms with Gasteiger partial charge in [-0.15, -0.1) is 0 Å². The van der Waals surface area contributed by atoms with E-state index in [0.29, 0.717) is 6.04 Å². The molecule has 5 nitrogen and oxygen atoms in total. The molecule has 2 fully saturated rings. The summed E-state index contributed by atoms with van der Waals surface area (Å²) in [6.45, 7) is 7.90. The number of piperazine rings is 1. The smallest absolute Gasteiger partial charge is 0.150 e. The lowest BCUT2D eigenvalue weighted by atomic mass is 10.0. The second-order valence-electron chi connectivity index (χ2n) is 7.44. The topological polar surface area (TPSA) is 27.5 Å². The lowest BCUT2D eigenvalue weighted by Crippen LogP contribution is -2.54. The molecule has 0 bridgehead atoms. The molecule has 25 heavy (non-hydrogen) atoms. The van der Waals surface area contributed by atoms with Crippen LogP contribution in [-0.2, 0) is 6.54 Å². The summed E-state index contributed by atoms with van der Waals surface area (Å²) in [6, 6.07) is 13.4. The molecule has 0 spiro atoms. The fraction of sp³-hybridized carbons (Fsp3) is 0.550. The molecule has 2 aromatic rings. The van der Waals surface area contributed by atoms with E-state index >= 15 is 0 Å². The van der Waals surface area contributed by atoms with E-state index in [1.54, 1.807) is 0 Å². The molecule has 134 valence electrons. The van der Waals surface area contributed by atoms with Gasteiger partial charge in [-0.2, -0.15) is 5.10 Å². The number of nitrogens with zero attached hydrogens (tertiary/aromatic N) is 5. The Morgan fingerprint density at radius 2 is 1.80 bits per heavy atom. The molecule has 0 amide bonds. The van der Waals surface area contributed by atoms with E-state index in [4.69, 9.17) is 5.10 Å². The van der Waals surface area contributed by atoms with Crippen molar-refractivity contribution in [1.29, 1.82) is 0 Å². The summed E-state index contributed by atoms with van der Waals surface area (Å²) in [5.41, 5.74) is 1.30. The average molecular weight is 339 g/mol. The third kappa shape index (κ3) is 4.05. The average Bonchev–Trinajstić information content (AvgIpc) is 3.12. The molecule has 0 N–H and O–H groups in total. The Kier molecular flexibility index (Phi) is 5.04. The number of anilines is 1. The van der Waals surface area contributed by atoms with E-state index in [1.807, 2.05) is 0 Å². The Labute approximate surface area is 150 Å². The van der Waals surface area contributed by atoms with Crippen molar-refractivity contribution < 1.29 is 0 Å². The molecule has 0 saturated carbocycles. The maximum absolute atomic E-state index is 4.84. The molecule has 1 aromatic carbocycles. The van der Waals surface area contributed by atoms with Crippen molar-refractivity contribution in [3.05, 3.63) is 48.2 Å². The number of hydrogen-bond donors (Lipinski definition) is 0. The standard InChI is InChI=1S/C20H29N5/c1-22-12-14-23(15-13-22)19-8-5-10-24(17-19)20-9-11-25(21-20)16-18-6-3-2-4-7-18/h2-4,6-7,9,11,19H,5,8,10,12-17H2,1H3. The Bertz CT molecular complexity index is 660. The second-order valence-corrected chi connectivity index (χ2v) is 7.44. The Morgan fingerprint density at radius 1 is 1.00 bits per heavy atom. The van der Waals surface area contributed by atoms with Crippen LogP contribution < -0.4 is 4.90 Å². The Hall–Kier alpha value is -1.85. The van der Waals surface area contributed by atoms with Crippen molar-refractivity contribution in [2.24, 2.45) is 0 Å². The number of aromatic nitrogens is 2. The highest BCUT2D eigenvalue weighted by Gasteiger charge is 2.28. The molecule has 2 aliphatic rings. The molecule has 2 saturated heterocycles. The summed E-state index contributed by atoms with van der Waals surface area (Å²) in [5, 5.41) is 4.84. The van der Waals surface area contributed by atoms with Crippen LogP contribution in [0.1, 0.15) is 18.4 Å². The van der Waals surface area contributed by atoms with Crippen LogP contribution in [0.4, 0.5) is 5.82 Å². The maximum atomic E-state index is 4.84. The number of piperidine rings is 1. The van der Waals surface area contributed by atoms with Gasteiger partial charge in [0.2, 0.25) is 0 Å². The molecule has 1 atom stereocenters. The van der Waals surface area contributed by atoms with Crippen molar-refractivity contribution >= 4 is 5.82 Å². The van der Waals surface area contributed by atoms with Crippen LogP contribution >= 0.6 is 0 Å². The van der Waals surface area contributed by atoms with Gasteiger partial charge >= 0.3 is 0 Å². The minimum atomic E-state index is 0.682. The molecule has 1 unspecified atom stereocenters. The predicted molar refractivity (Wildman–Crippen MR) is 102 cm³/mol. The molecule has 3 heterocycles. The van der Waals surface area contributed by atoms with Crippen molar-refractivity contribution in [1.82, 2.24) is 19.6 Å². The molecule has 2 aliphatic heterocycles. The Balaban J connectivity index is 1.38. The van der Waals surface area contributed by atoms with Crippen molar-refractivity contribution in [2.45, 2.75) is 25.4 Å². The third-order valence-corrected chi connectivity index (χ3v) is 5.59. The van der Waals surface area contributed by atoms with E-state index in [2.05, 4.69) is 69.0 Å². The summed E-state index contributed by atoms with van der Waals surface area (Å²) in [5.74, 6) is 1.13. The first-order valence-corrected chi connectivity index (χ1v) is 9.53. The van der Waals surface area contributed by atoms with Gasteiger partial charge in [-0.3, -0.25) is 9.58 Å². The van der Waals surface area contributed by atoms with Crippen LogP contribution in [0.15, 0.2) is 42.6 Å². The molecule has 5 heteroatoms. The van der Waals surface area contributed by atoms with Crippen LogP contribution in [-0.4, -0.2) is 71.9 Å². The molecule has 4 rings (SSSR count). The van der Waals surface area contributed by atoms with E-state index < -0.39 is 0 Å². The van der Waals surface area contributed by atoms with Gasteiger partial charge in [0.25, 0.3) is 0 Å².